The molecular formula is C26H28N4O3. The lowest BCUT2D eigenvalue weighted by Gasteiger charge is -2.44. The molecule has 2 N–H and O–H groups in total. The lowest BCUT2D eigenvalue weighted by molar-refractivity contribution is -0.117. The van der Waals surface area contributed by atoms with Crippen molar-refractivity contribution >= 4 is 5.78 Å². The van der Waals surface area contributed by atoms with Crippen molar-refractivity contribution in [3.8, 4) is 17.6 Å². The molecule has 0 bridgehead atoms. The van der Waals surface area contributed by atoms with E-state index in [1.807, 2.05) is 43.4 Å². The lowest BCUT2D eigenvalue weighted by atomic mass is 9.72. The van der Waals surface area contributed by atoms with Gasteiger partial charge in [0.2, 0.25) is 0 Å². The third-order valence-electron chi connectivity index (χ3n) is 6.36. The van der Waals surface area contributed by atoms with Crippen LogP contribution in [0.2, 0.25) is 0 Å². The number of ketones is 1. The first-order chi connectivity index (χ1) is 15.9. The summed E-state index contributed by atoms with van der Waals surface area (Å²) in [6, 6.07) is 17.7. The van der Waals surface area contributed by atoms with Gasteiger partial charge in [-0.25, -0.2) is 5.01 Å². The van der Waals surface area contributed by atoms with E-state index >= 15 is 0 Å². The van der Waals surface area contributed by atoms with Gasteiger partial charge in [-0.15, -0.1) is 0 Å². The normalized spacial score (nSPS) is 20.6. The highest BCUT2D eigenvalue weighted by Crippen LogP contribution is 2.50. The smallest absolute Gasteiger partial charge is 0.162 e. The number of Topliss-reactive ketones (excluding diaryl/α,β-unsaturated/α-hetero) is 1. The van der Waals surface area contributed by atoms with Gasteiger partial charge in [0.1, 0.15) is 17.3 Å². The second-order valence-corrected chi connectivity index (χ2v) is 8.41. The third kappa shape index (κ3) is 3.83. The Balaban J connectivity index is 1.95. The Labute approximate surface area is 194 Å². The first-order valence-electron chi connectivity index (χ1n) is 10.8. The van der Waals surface area contributed by atoms with Crippen molar-refractivity contribution in [2.45, 2.75) is 24.7 Å². The average molecular weight is 445 g/mol. The number of rotatable bonds is 5. The van der Waals surface area contributed by atoms with Crippen LogP contribution in [-0.4, -0.2) is 44.1 Å². The number of allylic oxidation sites excluding steroid dienone is 3. The molecule has 0 aromatic heterocycles. The van der Waals surface area contributed by atoms with E-state index in [2.05, 4.69) is 18.2 Å². The van der Waals surface area contributed by atoms with Crippen LogP contribution in [0.1, 0.15) is 35.8 Å². The van der Waals surface area contributed by atoms with Crippen molar-refractivity contribution in [3.63, 3.8) is 0 Å². The van der Waals surface area contributed by atoms with Crippen molar-refractivity contribution in [1.82, 2.24) is 10.0 Å². The summed E-state index contributed by atoms with van der Waals surface area (Å²) in [4.78, 5) is 13.7. The Morgan fingerprint density at radius 2 is 1.82 bits per heavy atom. The van der Waals surface area contributed by atoms with Crippen molar-refractivity contribution < 1.29 is 14.3 Å². The fourth-order valence-electron chi connectivity index (χ4n) is 4.91. The van der Waals surface area contributed by atoms with Gasteiger partial charge in [-0.3, -0.25) is 9.80 Å². The molecule has 2 atom stereocenters. The first kappa shape index (κ1) is 22.4. The summed E-state index contributed by atoms with van der Waals surface area (Å²) in [5, 5.41) is 13.8. The van der Waals surface area contributed by atoms with Gasteiger partial charge in [0.05, 0.1) is 31.8 Å². The number of carbonyl (C=O) groups excluding carboxylic acids is 1. The maximum atomic E-state index is 13.7. The molecular weight excluding hydrogens is 416 g/mol. The minimum Gasteiger partial charge on any atom is -0.497 e. The predicted octanol–water partition coefficient (Wildman–Crippen LogP) is 3.67. The average Bonchev–Trinajstić information content (AvgIpc) is 2.82. The van der Waals surface area contributed by atoms with E-state index in [4.69, 9.17) is 15.2 Å². The number of hydrogen-bond acceptors (Lipinski definition) is 7. The Bertz CT molecular complexity index is 1180. The minimum absolute atomic E-state index is 0.00655. The summed E-state index contributed by atoms with van der Waals surface area (Å²) in [7, 11) is 6.87. The predicted molar refractivity (Wildman–Crippen MR) is 125 cm³/mol. The lowest BCUT2D eigenvalue weighted by Crippen LogP contribution is -2.46. The summed E-state index contributed by atoms with van der Waals surface area (Å²) < 4.78 is 11.1. The molecule has 1 aliphatic carbocycles. The van der Waals surface area contributed by atoms with Gasteiger partial charge in [0, 0.05) is 37.3 Å². The molecule has 170 valence electrons. The number of benzene rings is 2. The van der Waals surface area contributed by atoms with Gasteiger partial charge >= 0.3 is 0 Å². The highest BCUT2D eigenvalue weighted by atomic mass is 16.5. The SMILES string of the molecule is COc1ccc(OC)c([C@@H]2C(C#N)=C(N)N(N(C)C)C3=C2C(=O)C[C@H](c2ccccc2)C3)c1. The van der Waals surface area contributed by atoms with Crippen molar-refractivity contribution in [1.29, 1.82) is 5.26 Å². The molecule has 2 aromatic carbocycles. The van der Waals surface area contributed by atoms with E-state index in [9.17, 15) is 10.1 Å². The molecule has 7 nitrogen and oxygen atoms in total. The van der Waals surface area contributed by atoms with Crippen LogP contribution in [0.15, 0.2) is 71.2 Å². The number of methoxy groups -OCH3 is 2. The van der Waals surface area contributed by atoms with Crippen LogP contribution in [0, 0.1) is 11.3 Å². The topological polar surface area (TPSA) is 91.8 Å². The largest absolute Gasteiger partial charge is 0.497 e. The van der Waals surface area contributed by atoms with E-state index in [-0.39, 0.29) is 11.7 Å². The van der Waals surface area contributed by atoms with E-state index in [1.165, 1.54) is 0 Å². The summed E-state index contributed by atoms with van der Waals surface area (Å²) in [5.74, 6) is 0.915. The van der Waals surface area contributed by atoms with Crippen LogP contribution >= 0.6 is 0 Å². The van der Waals surface area contributed by atoms with Gasteiger partial charge in [-0.05, 0) is 36.1 Å². The molecule has 2 aliphatic rings. The fraction of sp³-hybridized carbons (Fsp3) is 0.308. The molecule has 0 amide bonds. The Kier molecular flexibility index (Phi) is 6.12. The van der Waals surface area contributed by atoms with Gasteiger partial charge in [0.25, 0.3) is 0 Å². The first-order valence-corrected chi connectivity index (χ1v) is 10.8. The zero-order valence-electron chi connectivity index (χ0n) is 19.3. The number of ether oxygens (including phenoxy) is 2. The third-order valence-corrected chi connectivity index (χ3v) is 6.36. The van der Waals surface area contributed by atoms with Crippen LogP contribution in [0.25, 0.3) is 0 Å². The molecule has 0 spiro atoms. The molecule has 0 radical (unpaired) electrons. The summed E-state index contributed by atoms with van der Waals surface area (Å²) in [5.41, 5.74) is 10.1. The maximum Gasteiger partial charge on any atom is 0.162 e. The number of nitriles is 1. The number of carbonyl (C=O) groups is 1. The Morgan fingerprint density at radius 3 is 2.42 bits per heavy atom. The van der Waals surface area contributed by atoms with Crippen molar-refractivity contribution in [2.24, 2.45) is 5.73 Å². The molecule has 1 heterocycles. The van der Waals surface area contributed by atoms with Crippen LogP contribution < -0.4 is 15.2 Å². The monoisotopic (exact) mass is 444 g/mol. The summed E-state index contributed by atoms with van der Waals surface area (Å²) in [6.07, 6.45) is 0.997. The maximum absolute atomic E-state index is 13.7. The standard InChI is InChI=1S/C26H28N4O3/c1-29(2)30-21-12-17(16-8-6-5-7-9-16)13-22(31)25(21)24(20(15-27)26(30)28)19-14-18(32-3)10-11-23(19)33-4/h5-11,14,17,24H,12-13,28H2,1-4H3/t17-,24-/m1/s1. The minimum atomic E-state index is -0.629. The second-order valence-electron chi connectivity index (χ2n) is 8.41. The van der Waals surface area contributed by atoms with Gasteiger partial charge in [-0.2, -0.15) is 5.26 Å². The highest BCUT2D eigenvalue weighted by Gasteiger charge is 2.44. The number of hydrogen-bond donors (Lipinski definition) is 1. The molecule has 7 heteroatoms. The molecule has 0 saturated heterocycles. The van der Waals surface area contributed by atoms with Gasteiger partial charge in [-0.1, -0.05) is 30.3 Å². The number of nitrogens with zero attached hydrogens (tertiary/aromatic N) is 3. The summed E-state index contributed by atoms with van der Waals surface area (Å²) in [6.45, 7) is 0. The molecule has 0 saturated carbocycles. The van der Waals surface area contributed by atoms with Gasteiger partial charge in [0.15, 0.2) is 5.78 Å². The molecule has 0 unspecified atom stereocenters. The Hall–Kier alpha value is -3.76. The van der Waals surface area contributed by atoms with E-state index in [0.717, 1.165) is 11.3 Å². The molecule has 1 aliphatic heterocycles. The highest BCUT2D eigenvalue weighted by molar-refractivity contribution is 6.00. The summed E-state index contributed by atoms with van der Waals surface area (Å²) >= 11 is 0. The number of nitrogens with two attached hydrogens (primary N) is 1. The molecule has 0 fully saturated rings. The molecule has 33 heavy (non-hydrogen) atoms. The van der Waals surface area contributed by atoms with Crippen LogP contribution in [0.5, 0.6) is 11.5 Å². The fourth-order valence-corrected chi connectivity index (χ4v) is 4.91. The van der Waals surface area contributed by atoms with Crippen molar-refractivity contribution in [3.05, 3.63) is 82.3 Å². The zero-order valence-corrected chi connectivity index (χ0v) is 19.3. The molecule has 2 aromatic rings. The van der Waals surface area contributed by atoms with Gasteiger partial charge < -0.3 is 15.2 Å². The van der Waals surface area contributed by atoms with E-state index < -0.39 is 5.92 Å². The van der Waals surface area contributed by atoms with Crippen LogP contribution in [0.4, 0.5) is 0 Å². The second kappa shape index (κ2) is 9.00. The quantitative estimate of drug-likeness (QED) is 0.752. The zero-order chi connectivity index (χ0) is 23.7. The van der Waals surface area contributed by atoms with E-state index in [1.54, 1.807) is 31.4 Å². The van der Waals surface area contributed by atoms with Crippen LogP contribution in [0.3, 0.4) is 0 Å². The van der Waals surface area contributed by atoms with Crippen molar-refractivity contribution in [2.75, 3.05) is 28.3 Å². The molecule has 4 rings (SSSR count). The number of hydrazine groups is 1. The van der Waals surface area contributed by atoms with Crippen LogP contribution in [-0.2, 0) is 4.79 Å². The van der Waals surface area contributed by atoms with E-state index in [0.29, 0.717) is 46.9 Å². The Morgan fingerprint density at radius 1 is 1.09 bits per heavy atom.